The van der Waals surface area contributed by atoms with E-state index in [-0.39, 0.29) is 11.9 Å². The fourth-order valence-electron chi connectivity index (χ4n) is 2.97. The first-order chi connectivity index (χ1) is 10.7. The SMILES string of the molecule is CCc1ccsc1C(=O)NC1CCCN(c2cnn(C)c2)C1. The molecule has 1 saturated heterocycles. The van der Waals surface area contributed by atoms with Gasteiger partial charge in [-0.25, -0.2) is 0 Å². The highest BCUT2D eigenvalue weighted by molar-refractivity contribution is 7.12. The van der Waals surface area contributed by atoms with Gasteiger partial charge < -0.3 is 10.2 Å². The number of aryl methyl sites for hydroxylation is 2. The molecule has 0 aliphatic carbocycles. The van der Waals surface area contributed by atoms with Crippen LogP contribution in [-0.4, -0.2) is 34.8 Å². The van der Waals surface area contributed by atoms with Gasteiger partial charge in [0, 0.05) is 32.4 Å². The van der Waals surface area contributed by atoms with Gasteiger partial charge in [-0.1, -0.05) is 6.92 Å². The number of hydrogen-bond acceptors (Lipinski definition) is 4. The van der Waals surface area contributed by atoms with Gasteiger partial charge in [-0.3, -0.25) is 9.48 Å². The highest BCUT2D eigenvalue weighted by Gasteiger charge is 2.23. The second-order valence-electron chi connectivity index (χ2n) is 5.76. The largest absolute Gasteiger partial charge is 0.367 e. The third-order valence-corrected chi connectivity index (χ3v) is 5.10. The Morgan fingerprint density at radius 1 is 1.55 bits per heavy atom. The molecule has 1 amide bonds. The van der Waals surface area contributed by atoms with E-state index in [1.54, 1.807) is 0 Å². The molecule has 6 heteroatoms. The summed E-state index contributed by atoms with van der Waals surface area (Å²) in [5, 5.41) is 9.43. The van der Waals surface area contributed by atoms with Crippen molar-refractivity contribution in [3.8, 4) is 0 Å². The molecule has 0 radical (unpaired) electrons. The van der Waals surface area contributed by atoms with Crippen LogP contribution in [0.25, 0.3) is 0 Å². The molecule has 0 spiro atoms. The molecule has 1 aliphatic rings. The fourth-order valence-corrected chi connectivity index (χ4v) is 3.86. The van der Waals surface area contributed by atoms with Gasteiger partial charge in [0.15, 0.2) is 0 Å². The zero-order chi connectivity index (χ0) is 15.5. The molecular weight excluding hydrogens is 296 g/mol. The average Bonchev–Trinajstić information content (AvgIpc) is 3.16. The van der Waals surface area contributed by atoms with Gasteiger partial charge in [0.1, 0.15) is 0 Å². The van der Waals surface area contributed by atoms with Gasteiger partial charge in [-0.05, 0) is 36.3 Å². The molecule has 118 valence electrons. The Balaban J connectivity index is 1.64. The van der Waals surface area contributed by atoms with Gasteiger partial charge >= 0.3 is 0 Å². The smallest absolute Gasteiger partial charge is 0.261 e. The van der Waals surface area contributed by atoms with Crippen molar-refractivity contribution < 1.29 is 4.79 Å². The summed E-state index contributed by atoms with van der Waals surface area (Å²) in [6.07, 6.45) is 6.94. The highest BCUT2D eigenvalue weighted by Crippen LogP contribution is 2.21. The molecule has 1 unspecified atom stereocenters. The van der Waals surface area contributed by atoms with E-state index in [0.29, 0.717) is 0 Å². The number of nitrogens with one attached hydrogen (secondary N) is 1. The van der Waals surface area contributed by atoms with Gasteiger partial charge in [0.05, 0.1) is 16.8 Å². The Hall–Kier alpha value is -1.82. The molecule has 22 heavy (non-hydrogen) atoms. The summed E-state index contributed by atoms with van der Waals surface area (Å²) in [4.78, 5) is 15.6. The predicted molar refractivity (Wildman–Crippen MR) is 89.6 cm³/mol. The van der Waals surface area contributed by atoms with Crippen molar-refractivity contribution in [1.29, 1.82) is 0 Å². The number of nitrogens with zero attached hydrogens (tertiary/aromatic N) is 3. The lowest BCUT2D eigenvalue weighted by Gasteiger charge is -2.33. The summed E-state index contributed by atoms with van der Waals surface area (Å²) in [6.45, 7) is 3.96. The summed E-state index contributed by atoms with van der Waals surface area (Å²) < 4.78 is 1.82. The van der Waals surface area contributed by atoms with Crippen LogP contribution in [0.1, 0.15) is 35.0 Å². The van der Waals surface area contributed by atoms with Crippen LogP contribution in [0.5, 0.6) is 0 Å². The number of carbonyl (C=O) groups excluding carboxylic acids is 1. The predicted octanol–water partition coefficient (Wildman–Crippen LogP) is 2.44. The van der Waals surface area contributed by atoms with Gasteiger partial charge in [-0.2, -0.15) is 5.10 Å². The molecule has 1 atom stereocenters. The van der Waals surface area contributed by atoms with E-state index in [4.69, 9.17) is 0 Å². The molecule has 1 aliphatic heterocycles. The van der Waals surface area contributed by atoms with Crippen molar-refractivity contribution in [2.45, 2.75) is 32.2 Å². The zero-order valence-corrected chi connectivity index (χ0v) is 13.9. The summed E-state index contributed by atoms with van der Waals surface area (Å²) in [7, 11) is 1.93. The minimum Gasteiger partial charge on any atom is -0.367 e. The normalized spacial score (nSPS) is 18.5. The molecule has 2 aromatic heterocycles. The maximum atomic E-state index is 12.5. The van der Waals surface area contributed by atoms with Crippen molar-refractivity contribution in [2.24, 2.45) is 7.05 Å². The first-order valence-electron chi connectivity index (χ1n) is 7.78. The molecule has 0 saturated carbocycles. The van der Waals surface area contributed by atoms with E-state index in [1.165, 1.54) is 11.3 Å². The molecule has 1 fully saturated rings. The van der Waals surface area contributed by atoms with Crippen LogP contribution in [0.2, 0.25) is 0 Å². The Bertz CT molecular complexity index is 648. The maximum Gasteiger partial charge on any atom is 0.261 e. The van der Waals surface area contributed by atoms with E-state index >= 15 is 0 Å². The molecular formula is C16H22N4OS. The van der Waals surface area contributed by atoms with Crippen LogP contribution in [0.4, 0.5) is 5.69 Å². The topological polar surface area (TPSA) is 50.2 Å². The molecule has 0 aromatic carbocycles. The first-order valence-corrected chi connectivity index (χ1v) is 8.66. The molecule has 2 aromatic rings. The van der Waals surface area contributed by atoms with Crippen LogP contribution in [0.3, 0.4) is 0 Å². The maximum absolute atomic E-state index is 12.5. The van der Waals surface area contributed by atoms with Crippen molar-refractivity contribution >= 4 is 22.9 Å². The number of piperidine rings is 1. The minimum absolute atomic E-state index is 0.0740. The van der Waals surface area contributed by atoms with Gasteiger partial charge in [0.25, 0.3) is 5.91 Å². The Kier molecular flexibility index (Phi) is 4.47. The lowest BCUT2D eigenvalue weighted by atomic mass is 10.0. The Morgan fingerprint density at radius 2 is 2.41 bits per heavy atom. The summed E-state index contributed by atoms with van der Waals surface area (Å²) in [5.74, 6) is 0.0740. The van der Waals surface area contributed by atoms with E-state index in [0.717, 1.165) is 48.5 Å². The standard InChI is InChI=1S/C16H22N4OS/c1-3-12-6-8-22-15(12)16(21)18-13-5-4-7-20(10-13)14-9-17-19(2)11-14/h6,8-9,11,13H,3-5,7,10H2,1-2H3,(H,18,21). The van der Waals surface area contributed by atoms with Crippen LogP contribution < -0.4 is 10.2 Å². The Labute approximate surface area is 134 Å². The molecule has 1 N–H and O–H groups in total. The highest BCUT2D eigenvalue weighted by atomic mass is 32.1. The van der Waals surface area contributed by atoms with Crippen LogP contribution >= 0.6 is 11.3 Å². The van der Waals surface area contributed by atoms with Crippen molar-refractivity contribution in [1.82, 2.24) is 15.1 Å². The summed E-state index contributed by atoms with van der Waals surface area (Å²) in [5.41, 5.74) is 2.27. The second-order valence-corrected chi connectivity index (χ2v) is 6.68. The van der Waals surface area contributed by atoms with E-state index < -0.39 is 0 Å². The molecule has 5 nitrogen and oxygen atoms in total. The molecule has 3 rings (SSSR count). The monoisotopic (exact) mass is 318 g/mol. The number of anilines is 1. The average molecular weight is 318 g/mol. The quantitative estimate of drug-likeness (QED) is 0.942. The van der Waals surface area contributed by atoms with Crippen molar-refractivity contribution in [2.75, 3.05) is 18.0 Å². The fraction of sp³-hybridized carbons (Fsp3) is 0.500. The van der Waals surface area contributed by atoms with Crippen LogP contribution in [-0.2, 0) is 13.5 Å². The molecule has 3 heterocycles. The third kappa shape index (κ3) is 3.16. The van der Waals surface area contributed by atoms with E-state index in [1.807, 2.05) is 35.6 Å². The van der Waals surface area contributed by atoms with Crippen LogP contribution in [0, 0.1) is 0 Å². The number of aromatic nitrogens is 2. The summed E-state index contributed by atoms with van der Waals surface area (Å²) >= 11 is 1.53. The zero-order valence-electron chi connectivity index (χ0n) is 13.1. The van der Waals surface area contributed by atoms with Gasteiger partial charge in [-0.15, -0.1) is 11.3 Å². The lowest BCUT2D eigenvalue weighted by Crippen LogP contribution is -2.47. The van der Waals surface area contributed by atoms with Crippen LogP contribution in [0.15, 0.2) is 23.8 Å². The summed E-state index contributed by atoms with van der Waals surface area (Å²) in [6, 6.07) is 2.25. The van der Waals surface area contributed by atoms with Crippen molar-refractivity contribution in [3.05, 3.63) is 34.3 Å². The minimum atomic E-state index is 0.0740. The number of carbonyl (C=O) groups is 1. The number of hydrogen-bond donors (Lipinski definition) is 1. The number of amides is 1. The third-order valence-electron chi connectivity index (χ3n) is 4.15. The number of thiophene rings is 1. The van der Waals surface area contributed by atoms with Crippen molar-refractivity contribution in [3.63, 3.8) is 0 Å². The Morgan fingerprint density at radius 3 is 3.14 bits per heavy atom. The lowest BCUT2D eigenvalue weighted by molar-refractivity contribution is 0.0936. The molecule has 0 bridgehead atoms. The second kappa shape index (κ2) is 6.52. The first kappa shape index (κ1) is 15.1. The number of rotatable bonds is 4. The van der Waals surface area contributed by atoms with E-state index in [9.17, 15) is 4.79 Å². The van der Waals surface area contributed by atoms with E-state index in [2.05, 4.69) is 22.2 Å². The van der Waals surface area contributed by atoms with Gasteiger partial charge in [0.2, 0.25) is 0 Å².